The van der Waals surface area contributed by atoms with Crippen molar-refractivity contribution in [2.24, 2.45) is 5.41 Å². The van der Waals surface area contributed by atoms with Gasteiger partial charge >= 0.3 is 5.97 Å². The number of carboxylic acids is 1. The first-order chi connectivity index (χ1) is 9.83. The van der Waals surface area contributed by atoms with E-state index in [9.17, 15) is 18.3 Å². The second-order valence-corrected chi connectivity index (χ2v) is 7.54. The van der Waals surface area contributed by atoms with Gasteiger partial charge in [0, 0.05) is 13.1 Å². The van der Waals surface area contributed by atoms with E-state index in [1.807, 2.05) is 6.92 Å². The molecule has 0 saturated carbocycles. The summed E-state index contributed by atoms with van der Waals surface area (Å²) in [5.74, 6) is -0.909. The van der Waals surface area contributed by atoms with Gasteiger partial charge in [0.1, 0.15) is 4.90 Å². The van der Waals surface area contributed by atoms with Crippen LogP contribution in [0.1, 0.15) is 38.3 Å². The SMILES string of the molecule is CCCC1(C(=O)O)CCCN(S(=O)(=O)c2cn[nH]c2C)C1. The Morgan fingerprint density at radius 3 is 2.81 bits per heavy atom. The maximum Gasteiger partial charge on any atom is 0.310 e. The summed E-state index contributed by atoms with van der Waals surface area (Å²) in [7, 11) is -3.70. The fraction of sp³-hybridized carbons (Fsp3) is 0.692. The zero-order valence-corrected chi connectivity index (χ0v) is 13.1. The fourth-order valence-electron chi connectivity index (χ4n) is 3.00. The Labute approximate surface area is 124 Å². The molecule has 1 saturated heterocycles. The summed E-state index contributed by atoms with van der Waals surface area (Å²) >= 11 is 0. The molecule has 2 rings (SSSR count). The summed E-state index contributed by atoms with van der Waals surface area (Å²) in [5, 5.41) is 15.9. The molecule has 7 nitrogen and oxygen atoms in total. The van der Waals surface area contributed by atoms with Crippen LogP contribution in [-0.4, -0.2) is 47.1 Å². The van der Waals surface area contributed by atoms with Crippen molar-refractivity contribution in [1.29, 1.82) is 0 Å². The zero-order chi connectivity index (χ0) is 15.7. The maximum atomic E-state index is 12.7. The highest BCUT2D eigenvalue weighted by Gasteiger charge is 2.45. The normalized spacial score (nSPS) is 24.1. The number of nitrogens with one attached hydrogen (secondary N) is 1. The number of sulfonamides is 1. The smallest absolute Gasteiger partial charge is 0.310 e. The Kier molecular flexibility index (Phi) is 4.38. The van der Waals surface area contributed by atoms with E-state index in [1.165, 1.54) is 10.5 Å². The third-order valence-corrected chi connectivity index (χ3v) is 6.08. The Morgan fingerprint density at radius 2 is 2.29 bits per heavy atom. The molecule has 8 heteroatoms. The molecule has 0 bridgehead atoms. The lowest BCUT2D eigenvalue weighted by atomic mass is 9.77. The molecule has 1 fully saturated rings. The molecule has 118 valence electrons. The number of nitrogens with zero attached hydrogens (tertiary/aromatic N) is 2. The largest absolute Gasteiger partial charge is 0.481 e. The Hall–Kier alpha value is -1.41. The molecule has 1 aliphatic rings. The first-order valence-electron chi connectivity index (χ1n) is 7.07. The third kappa shape index (κ3) is 2.82. The molecule has 0 aliphatic carbocycles. The molecule has 1 aromatic rings. The number of hydrogen-bond acceptors (Lipinski definition) is 4. The summed E-state index contributed by atoms with van der Waals surface area (Å²) < 4.78 is 26.6. The lowest BCUT2D eigenvalue weighted by molar-refractivity contribution is -0.151. The number of piperidine rings is 1. The average Bonchev–Trinajstić information content (AvgIpc) is 2.86. The number of H-pyrrole nitrogens is 1. The molecular weight excluding hydrogens is 294 g/mol. The molecular formula is C13H21N3O4S. The van der Waals surface area contributed by atoms with Crippen LogP contribution in [-0.2, 0) is 14.8 Å². The Balaban J connectivity index is 2.33. The number of aromatic nitrogens is 2. The molecule has 1 aromatic heterocycles. The van der Waals surface area contributed by atoms with Gasteiger partial charge < -0.3 is 5.11 Å². The molecule has 1 aliphatic heterocycles. The topological polar surface area (TPSA) is 103 Å². The van der Waals surface area contributed by atoms with Crippen LogP contribution < -0.4 is 0 Å². The number of aliphatic carboxylic acids is 1. The molecule has 0 radical (unpaired) electrons. The van der Waals surface area contributed by atoms with Gasteiger partial charge in [-0.15, -0.1) is 0 Å². The number of aromatic amines is 1. The van der Waals surface area contributed by atoms with Gasteiger partial charge in [0.25, 0.3) is 0 Å². The van der Waals surface area contributed by atoms with Crippen LogP contribution in [0.4, 0.5) is 0 Å². The van der Waals surface area contributed by atoms with Crippen LogP contribution in [0.2, 0.25) is 0 Å². The van der Waals surface area contributed by atoms with Crippen molar-refractivity contribution in [2.75, 3.05) is 13.1 Å². The van der Waals surface area contributed by atoms with E-state index in [0.29, 0.717) is 37.9 Å². The van der Waals surface area contributed by atoms with E-state index >= 15 is 0 Å². The standard InChI is InChI=1S/C13H21N3O4S/c1-3-5-13(12(17)18)6-4-7-16(9-13)21(19,20)11-8-14-15-10(11)2/h8H,3-7,9H2,1-2H3,(H,14,15)(H,17,18). The lowest BCUT2D eigenvalue weighted by Gasteiger charge is -2.39. The molecule has 1 unspecified atom stereocenters. The van der Waals surface area contributed by atoms with Crippen LogP contribution in [0.3, 0.4) is 0 Å². The molecule has 0 spiro atoms. The van der Waals surface area contributed by atoms with Crippen molar-refractivity contribution >= 4 is 16.0 Å². The van der Waals surface area contributed by atoms with E-state index < -0.39 is 21.4 Å². The molecule has 21 heavy (non-hydrogen) atoms. The van der Waals surface area contributed by atoms with E-state index in [0.717, 1.165) is 0 Å². The highest BCUT2D eigenvalue weighted by atomic mass is 32.2. The Morgan fingerprint density at radius 1 is 1.57 bits per heavy atom. The van der Waals surface area contributed by atoms with Gasteiger partial charge in [-0.3, -0.25) is 9.89 Å². The second-order valence-electron chi connectivity index (χ2n) is 5.64. The van der Waals surface area contributed by atoms with Crippen molar-refractivity contribution in [2.45, 2.75) is 44.4 Å². The van der Waals surface area contributed by atoms with Gasteiger partial charge in [-0.2, -0.15) is 9.40 Å². The van der Waals surface area contributed by atoms with Crippen molar-refractivity contribution < 1.29 is 18.3 Å². The highest BCUT2D eigenvalue weighted by Crippen LogP contribution is 2.37. The van der Waals surface area contributed by atoms with Gasteiger partial charge in [0.05, 0.1) is 17.3 Å². The van der Waals surface area contributed by atoms with Crippen molar-refractivity contribution in [1.82, 2.24) is 14.5 Å². The predicted molar refractivity (Wildman–Crippen MR) is 76.3 cm³/mol. The van der Waals surface area contributed by atoms with E-state index in [4.69, 9.17) is 0 Å². The fourth-order valence-corrected chi connectivity index (χ4v) is 4.68. The molecule has 2 heterocycles. The minimum absolute atomic E-state index is 0.0309. The van der Waals surface area contributed by atoms with E-state index in [-0.39, 0.29) is 11.4 Å². The van der Waals surface area contributed by atoms with Gasteiger partial charge in [0.15, 0.2) is 0 Å². The molecule has 0 amide bonds. The summed E-state index contributed by atoms with van der Waals surface area (Å²) in [6.07, 6.45) is 3.56. The van der Waals surface area contributed by atoms with Crippen LogP contribution in [0.5, 0.6) is 0 Å². The Bertz CT molecular complexity index is 621. The predicted octanol–water partition coefficient (Wildman–Crippen LogP) is 1.37. The number of aryl methyl sites for hydroxylation is 1. The van der Waals surface area contributed by atoms with Crippen molar-refractivity contribution in [3.63, 3.8) is 0 Å². The average molecular weight is 315 g/mol. The minimum atomic E-state index is -3.70. The van der Waals surface area contributed by atoms with Crippen LogP contribution in [0.25, 0.3) is 0 Å². The summed E-state index contributed by atoms with van der Waals surface area (Å²) in [5.41, 5.74) is -0.505. The number of carbonyl (C=O) groups is 1. The van der Waals surface area contributed by atoms with Crippen molar-refractivity contribution in [3.05, 3.63) is 11.9 Å². The van der Waals surface area contributed by atoms with Crippen LogP contribution >= 0.6 is 0 Å². The lowest BCUT2D eigenvalue weighted by Crippen LogP contribution is -2.49. The first-order valence-corrected chi connectivity index (χ1v) is 8.51. The summed E-state index contributed by atoms with van der Waals surface area (Å²) in [4.78, 5) is 11.8. The monoisotopic (exact) mass is 315 g/mol. The molecule has 1 atom stereocenters. The minimum Gasteiger partial charge on any atom is -0.481 e. The number of rotatable bonds is 5. The van der Waals surface area contributed by atoms with Gasteiger partial charge in [-0.1, -0.05) is 13.3 Å². The first kappa shape index (κ1) is 16.0. The second kappa shape index (κ2) is 5.76. The zero-order valence-electron chi connectivity index (χ0n) is 12.3. The molecule has 0 aromatic carbocycles. The summed E-state index contributed by atoms with van der Waals surface area (Å²) in [6, 6.07) is 0. The summed E-state index contributed by atoms with van der Waals surface area (Å²) in [6.45, 7) is 3.94. The number of carboxylic acid groups (broad SMARTS) is 1. The van der Waals surface area contributed by atoms with E-state index in [1.54, 1.807) is 6.92 Å². The van der Waals surface area contributed by atoms with E-state index in [2.05, 4.69) is 10.2 Å². The highest BCUT2D eigenvalue weighted by molar-refractivity contribution is 7.89. The van der Waals surface area contributed by atoms with Gasteiger partial charge in [-0.05, 0) is 26.2 Å². The molecule has 2 N–H and O–H groups in total. The quantitative estimate of drug-likeness (QED) is 0.854. The van der Waals surface area contributed by atoms with Gasteiger partial charge in [-0.25, -0.2) is 8.42 Å². The van der Waals surface area contributed by atoms with Gasteiger partial charge in [0.2, 0.25) is 10.0 Å². The maximum absolute atomic E-state index is 12.7. The van der Waals surface area contributed by atoms with Crippen molar-refractivity contribution in [3.8, 4) is 0 Å². The van der Waals surface area contributed by atoms with Crippen LogP contribution in [0.15, 0.2) is 11.1 Å². The number of hydrogen-bond donors (Lipinski definition) is 2. The third-order valence-electron chi connectivity index (χ3n) is 4.13. The van der Waals surface area contributed by atoms with Crippen LogP contribution in [0, 0.1) is 12.3 Å².